The number of pyridine rings is 1. The van der Waals surface area contributed by atoms with Crippen LogP contribution in [0.3, 0.4) is 0 Å². The number of nitrogens with zero attached hydrogens (tertiary/aromatic N) is 4. The molecule has 5 nitrogen and oxygen atoms in total. The van der Waals surface area contributed by atoms with E-state index in [0.717, 1.165) is 27.5 Å². The van der Waals surface area contributed by atoms with Crippen LogP contribution in [0, 0.1) is 0 Å². The van der Waals surface area contributed by atoms with E-state index < -0.39 is 5.92 Å². The highest BCUT2D eigenvalue weighted by molar-refractivity contribution is 5.88. The van der Waals surface area contributed by atoms with Gasteiger partial charge < -0.3 is 5.32 Å². The summed E-state index contributed by atoms with van der Waals surface area (Å²) in [5, 5.41) is 8.78. The molecule has 1 aliphatic carbocycles. The van der Waals surface area contributed by atoms with Crippen molar-refractivity contribution in [2.75, 3.05) is 5.32 Å². The first-order valence-electron chi connectivity index (χ1n) is 9.41. The molecule has 0 unspecified atom stereocenters. The SMILES string of the molecule is FC1(F)CCC(Nc2ncc3c(-c4ccc5ncccc5c4)ccn3n2)CC1. The van der Waals surface area contributed by atoms with Gasteiger partial charge in [0.05, 0.1) is 17.2 Å². The first kappa shape index (κ1) is 17.0. The van der Waals surface area contributed by atoms with E-state index >= 15 is 0 Å². The molecule has 0 bridgehead atoms. The first-order valence-corrected chi connectivity index (χ1v) is 9.41. The molecule has 0 amide bonds. The average molecular weight is 379 g/mol. The number of rotatable bonds is 3. The van der Waals surface area contributed by atoms with Crippen LogP contribution < -0.4 is 5.32 Å². The Bertz CT molecular complexity index is 1140. The van der Waals surface area contributed by atoms with Crippen molar-refractivity contribution in [1.82, 2.24) is 19.6 Å². The second-order valence-electron chi connectivity index (χ2n) is 7.33. The average Bonchev–Trinajstić information content (AvgIpc) is 3.12. The molecule has 1 fully saturated rings. The predicted molar refractivity (Wildman–Crippen MR) is 105 cm³/mol. The van der Waals surface area contributed by atoms with Crippen LogP contribution in [0.4, 0.5) is 14.7 Å². The number of halogens is 2. The van der Waals surface area contributed by atoms with Crippen LogP contribution in [0.25, 0.3) is 27.5 Å². The molecule has 0 atom stereocenters. The Morgan fingerprint density at radius 2 is 1.93 bits per heavy atom. The van der Waals surface area contributed by atoms with Gasteiger partial charge in [-0.05, 0) is 42.7 Å². The van der Waals surface area contributed by atoms with Gasteiger partial charge in [-0.2, -0.15) is 0 Å². The van der Waals surface area contributed by atoms with E-state index in [0.29, 0.717) is 18.8 Å². The molecule has 3 aromatic heterocycles. The summed E-state index contributed by atoms with van der Waals surface area (Å²) < 4.78 is 28.4. The second-order valence-corrected chi connectivity index (χ2v) is 7.33. The number of anilines is 1. The van der Waals surface area contributed by atoms with Crippen molar-refractivity contribution in [2.45, 2.75) is 37.6 Å². The van der Waals surface area contributed by atoms with Gasteiger partial charge in [0, 0.05) is 42.2 Å². The third-order valence-corrected chi connectivity index (χ3v) is 5.38. The standard InChI is InChI=1S/C21H19F2N5/c22-21(23)8-5-16(6-9-21)26-20-25-13-19-17(7-11-28(19)27-20)14-3-4-18-15(12-14)2-1-10-24-18/h1-4,7,10-13,16H,5-6,8-9H2,(H,26,27). The van der Waals surface area contributed by atoms with Crippen LogP contribution in [0.2, 0.25) is 0 Å². The Hall–Kier alpha value is -3.09. The zero-order chi connectivity index (χ0) is 19.1. The summed E-state index contributed by atoms with van der Waals surface area (Å²) in [7, 11) is 0. The molecular formula is C21H19F2N5. The van der Waals surface area contributed by atoms with Gasteiger partial charge in [-0.3, -0.25) is 4.98 Å². The van der Waals surface area contributed by atoms with Gasteiger partial charge in [-0.25, -0.2) is 18.3 Å². The molecule has 0 aliphatic heterocycles. The molecule has 7 heteroatoms. The lowest BCUT2D eigenvalue weighted by Crippen LogP contribution is -2.32. The highest BCUT2D eigenvalue weighted by atomic mass is 19.3. The Morgan fingerprint density at radius 1 is 1.07 bits per heavy atom. The van der Waals surface area contributed by atoms with Crippen molar-refractivity contribution >= 4 is 22.4 Å². The van der Waals surface area contributed by atoms with Gasteiger partial charge in [0.2, 0.25) is 11.9 Å². The van der Waals surface area contributed by atoms with E-state index in [1.54, 1.807) is 16.9 Å². The van der Waals surface area contributed by atoms with Crippen LogP contribution >= 0.6 is 0 Å². The molecule has 1 saturated carbocycles. The Labute approximate surface area is 160 Å². The molecule has 4 aromatic rings. The number of fused-ring (bicyclic) bond motifs is 2. The minimum Gasteiger partial charge on any atom is -0.350 e. The number of hydrogen-bond donors (Lipinski definition) is 1. The van der Waals surface area contributed by atoms with Gasteiger partial charge in [-0.15, -0.1) is 5.10 Å². The normalized spacial score (nSPS) is 17.2. The lowest BCUT2D eigenvalue weighted by Gasteiger charge is -2.28. The molecule has 28 heavy (non-hydrogen) atoms. The third-order valence-electron chi connectivity index (χ3n) is 5.38. The highest BCUT2D eigenvalue weighted by Crippen LogP contribution is 2.34. The fourth-order valence-corrected chi connectivity index (χ4v) is 3.82. The van der Waals surface area contributed by atoms with Crippen LogP contribution in [0.1, 0.15) is 25.7 Å². The zero-order valence-electron chi connectivity index (χ0n) is 15.1. The van der Waals surface area contributed by atoms with Crippen LogP contribution in [0.5, 0.6) is 0 Å². The summed E-state index contributed by atoms with van der Waals surface area (Å²) in [6, 6.07) is 12.1. The first-order chi connectivity index (χ1) is 13.6. The van der Waals surface area contributed by atoms with E-state index in [1.165, 1.54) is 0 Å². The quantitative estimate of drug-likeness (QED) is 0.548. The van der Waals surface area contributed by atoms with Crippen LogP contribution in [0.15, 0.2) is 55.0 Å². The van der Waals surface area contributed by atoms with Gasteiger partial charge in [-0.1, -0.05) is 12.1 Å². The van der Waals surface area contributed by atoms with Crippen LogP contribution in [-0.2, 0) is 0 Å². The Balaban J connectivity index is 1.41. The highest BCUT2D eigenvalue weighted by Gasteiger charge is 2.35. The van der Waals surface area contributed by atoms with Gasteiger partial charge in [0.25, 0.3) is 0 Å². The van der Waals surface area contributed by atoms with Gasteiger partial charge in [0.1, 0.15) is 0 Å². The molecule has 142 valence electrons. The topological polar surface area (TPSA) is 55.1 Å². The monoisotopic (exact) mass is 379 g/mol. The number of hydrogen-bond acceptors (Lipinski definition) is 4. The summed E-state index contributed by atoms with van der Waals surface area (Å²) in [6.45, 7) is 0. The van der Waals surface area contributed by atoms with Gasteiger partial charge in [0.15, 0.2) is 0 Å². The van der Waals surface area contributed by atoms with Crippen molar-refractivity contribution in [1.29, 1.82) is 0 Å². The summed E-state index contributed by atoms with van der Waals surface area (Å²) in [5.41, 5.74) is 3.95. The predicted octanol–water partition coefficient (Wildman–Crippen LogP) is 4.93. The fraction of sp³-hybridized carbons (Fsp3) is 0.286. The van der Waals surface area contributed by atoms with Crippen molar-refractivity contribution in [3.05, 3.63) is 55.0 Å². The number of benzene rings is 1. The van der Waals surface area contributed by atoms with Gasteiger partial charge >= 0.3 is 0 Å². The molecule has 0 saturated heterocycles. The van der Waals surface area contributed by atoms with E-state index in [9.17, 15) is 8.78 Å². The van der Waals surface area contributed by atoms with Crippen molar-refractivity contribution < 1.29 is 8.78 Å². The molecule has 0 radical (unpaired) electrons. The van der Waals surface area contributed by atoms with Crippen molar-refractivity contribution in [3.63, 3.8) is 0 Å². The maximum atomic E-state index is 13.3. The largest absolute Gasteiger partial charge is 0.350 e. The van der Waals surface area contributed by atoms with Crippen LogP contribution in [-0.4, -0.2) is 31.5 Å². The number of aromatic nitrogens is 4. The third kappa shape index (κ3) is 3.17. The molecule has 5 rings (SSSR count). The summed E-state index contributed by atoms with van der Waals surface area (Å²) in [4.78, 5) is 8.77. The zero-order valence-corrected chi connectivity index (χ0v) is 15.1. The van der Waals surface area contributed by atoms with E-state index in [-0.39, 0.29) is 18.9 Å². The maximum Gasteiger partial charge on any atom is 0.248 e. The Kier molecular flexibility index (Phi) is 3.96. The van der Waals surface area contributed by atoms with E-state index in [1.807, 2.05) is 36.5 Å². The minimum atomic E-state index is -2.53. The van der Waals surface area contributed by atoms with E-state index in [4.69, 9.17) is 0 Å². The molecule has 1 aliphatic rings. The smallest absolute Gasteiger partial charge is 0.248 e. The molecule has 1 N–H and O–H groups in total. The lowest BCUT2D eigenvalue weighted by molar-refractivity contribution is -0.0361. The lowest BCUT2D eigenvalue weighted by atomic mass is 9.92. The Morgan fingerprint density at radius 3 is 2.79 bits per heavy atom. The number of alkyl halides is 2. The van der Waals surface area contributed by atoms with Crippen molar-refractivity contribution in [3.8, 4) is 11.1 Å². The second kappa shape index (κ2) is 6.51. The van der Waals surface area contributed by atoms with E-state index in [2.05, 4.69) is 26.4 Å². The summed E-state index contributed by atoms with van der Waals surface area (Å²) >= 11 is 0. The summed E-state index contributed by atoms with van der Waals surface area (Å²) in [5.74, 6) is -2.07. The molecule has 3 heterocycles. The summed E-state index contributed by atoms with van der Waals surface area (Å²) in [6.07, 6.45) is 6.13. The maximum absolute atomic E-state index is 13.3. The molecule has 1 aromatic carbocycles. The molecular weight excluding hydrogens is 360 g/mol. The minimum absolute atomic E-state index is 0.0138. The fourth-order valence-electron chi connectivity index (χ4n) is 3.82. The van der Waals surface area contributed by atoms with Crippen molar-refractivity contribution in [2.24, 2.45) is 0 Å². The molecule has 0 spiro atoms. The number of nitrogens with one attached hydrogen (secondary N) is 1.